The zero-order valence-electron chi connectivity index (χ0n) is 9.95. The molecule has 6 heteroatoms. The van der Waals surface area contributed by atoms with E-state index in [1.54, 1.807) is 0 Å². The van der Waals surface area contributed by atoms with Gasteiger partial charge >= 0.3 is 5.97 Å². The highest BCUT2D eigenvalue weighted by Crippen LogP contribution is 2.30. The van der Waals surface area contributed by atoms with Gasteiger partial charge in [-0.25, -0.2) is 8.78 Å². The van der Waals surface area contributed by atoms with Crippen molar-refractivity contribution >= 4 is 18.4 Å². The molecule has 0 aliphatic heterocycles. The van der Waals surface area contributed by atoms with Crippen LogP contribution in [0.15, 0.2) is 18.2 Å². The summed E-state index contributed by atoms with van der Waals surface area (Å²) in [5.41, 5.74) is 4.69. The lowest BCUT2D eigenvalue weighted by molar-refractivity contribution is -0.138. The molecule has 0 saturated carbocycles. The molecule has 0 heterocycles. The van der Waals surface area contributed by atoms with Crippen LogP contribution in [0.3, 0.4) is 0 Å². The molecule has 0 bridgehead atoms. The summed E-state index contributed by atoms with van der Waals surface area (Å²) in [6.45, 7) is 1.82. The van der Waals surface area contributed by atoms with E-state index in [9.17, 15) is 13.6 Å². The number of hydrogen-bond donors (Lipinski definition) is 2. The average molecular weight is 280 g/mol. The number of nitrogens with two attached hydrogens (primary N) is 1. The van der Waals surface area contributed by atoms with E-state index in [4.69, 9.17) is 10.8 Å². The summed E-state index contributed by atoms with van der Waals surface area (Å²) < 4.78 is 26.4. The fraction of sp³-hybridized carbons (Fsp3) is 0.417. The third-order valence-electron chi connectivity index (χ3n) is 2.63. The third kappa shape index (κ3) is 3.92. The van der Waals surface area contributed by atoms with E-state index in [2.05, 4.69) is 0 Å². The topological polar surface area (TPSA) is 63.3 Å². The van der Waals surface area contributed by atoms with Crippen LogP contribution in [0.5, 0.6) is 0 Å². The van der Waals surface area contributed by atoms with E-state index < -0.39 is 23.1 Å². The number of halogens is 3. The summed E-state index contributed by atoms with van der Waals surface area (Å²) in [4.78, 5) is 10.8. The predicted octanol–water partition coefficient (Wildman–Crippen LogP) is 2.82. The Morgan fingerprint density at radius 2 is 2.06 bits per heavy atom. The molecular formula is C12H16ClF2NO2. The van der Waals surface area contributed by atoms with E-state index in [-0.39, 0.29) is 24.4 Å². The number of aliphatic carboxylic acids is 1. The maximum atomic E-state index is 13.6. The first-order valence-electron chi connectivity index (χ1n) is 5.35. The maximum absolute atomic E-state index is 13.6. The van der Waals surface area contributed by atoms with E-state index in [1.807, 2.05) is 6.92 Å². The molecule has 0 aromatic heterocycles. The Hall–Kier alpha value is -1.20. The third-order valence-corrected chi connectivity index (χ3v) is 2.63. The van der Waals surface area contributed by atoms with Gasteiger partial charge in [-0.1, -0.05) is 19.4 Å². The fourth-order valence-corrected chi connectivity index (χ4v) is 1.93. The molecule has 0 fully saturated rings. The van der Waals surface area contributed by atoms with Gasteiger partial charge in [0.2, 0.25) is 0 Å². The Bertz CT molecular complexity index is 429. The largest absolute Gasteiger partial charge is 0.481 e. The van der Waals surface area contributed by atoms with E-state index >= 15 is 0 Å². The van der Waals surface area contributed by atoms with Crippen molar-refractivity contribution in [2.45, 2.75) is 31.7 Å². The van der Waals surface area contributed by atoms with Gasteiger partial charge in [0.05, 0.1) is 12.0 Å². The number of carboxylic acid groups (broad SMARTS) is 1. The normalized spacial score (nSPS) is 13.6. The molecule has 3 nitrogen and oxygen atoms in total. The standard InChI is InChI=1S/C12H15F2NO2.ClH/c1-2-5-12(15,7-11(16)17)9-4-3-8(13)6-10(9)14;/h3-4,6H,2,5,7,15H2,1H3,(H,16,17);1H. The first-order chi connectivity index (χ1) is 7.89. The van der Waals surface area contributed by atoms with Gasteiger partial charge in [-0.3, -0.25) is 4.79 Å². The molecule has 0 amide bonds. The van der Waals surface area contributed by atoms with Crippen molar-refractivity contribution < 1.29 is 18.7 Å². The van der Waals surface area contributed by atoms with Gasteiger partial charge in [0.15, 0.2) is 0 Å². The summed E-state index contributed by atoms with van der Waals surface area (Å²) in [5, 5.41) is 8.81. The van der Waals surface area contributed by atoms with E-state index in [0.29, 0.717) is 18.9 Å². The number of rotatable bonds is 5. The fourth-order valence-electron chi connectivity index (χ4n) is 1.93. The molecule has 3 N–H and O–H groups in total. The lowest BCUT2D eigenvalue weighted by Crippen LogP contribution is -2.39. The molecule has 1 aromatic rings. The van der Waals surface area contributed by atoms with Crippen molar-refractivity contribution in [3.8, 4) is 0 Å². The smallest absolute Gasteiger partial charge is 0.305 e. The SMILES string of the molecule is CCCC(N)(CC(=O)O)c1ccc(F)cc1F.Cl. The van der Waals surface area contributed by atoms with Crippen LogP contribution in [0.1, 0.15) is 31.7 Å². The molecule has 18 heavy (non-hydrogen) atoms. The van der Waals surface area contributed by atoms with Gasteiger partial charge in [-0.05, 0) is 12.5 Å². The number of hydrogen-bond acceptors (Lipinski definition) is 2. The van der Waals surface area contributed by atoms with Crippen molar-refractivity contribution in [1.82, 2.24) is 0 Å². The molecule has 102 valence electrons. The Labute approximate surface area is 110 Å². The quantitative estimate of drug-likeness (QED) is 0.871. The zero-order chi connectivity index (χ0) is 13.1. The molecule has 1 unspecified atom stereocenters. The van der Waals surface area contributed by atoms with Crippen molar-refractivity contribution in [3.05, 3.63) is 35.4 Å². The van der Waals surface area contributed by atoms with Crippen LogP contribution in [0, 0.1) is 11.6 Å². The first kappa shape index (κ1) is 16.8. The molecule has 0 saturated heterocycles. The van der Waals surface area contributed by atoms with Crippen LogP contribution < -0.4 is 5.73 Å². The van der Waals surface area contributed by atoms with Crippen molar-refractivity contribution in [2.24, 2.45) is 5.73 Å². The average Bonchev–Trinajstić information content (AvgIpc) is 2.15. The number of benzene rings is 1. The molecule has 1 aromatic carbocycles. The van der Waals surface area contributed by atoms with Crippen LogP contribution in [0.4, 0.5) is 8.78 Å². The second-order valence-electron chi connectivity index (χ2n) is 4.10. The highest BCUT2D eigenvalue weighted by atomic mass is 35.5. The van der Waals surface area contributed by atoms with Crippen LogP contribution in [-0.4, -0.2) is 11.1 Å². The van der Waals surface area contributed by atoms with E-state index in [0.717, 1.165) is 6.07 Å². The monoisotopic (exact) mass is 279 g/mol. The van der Waals surface area contributed by atoms with Crippen LogP contribution in [-0.2, 0) is 10.3 Å². The van der Waals surface area contributed by atoms with E-state index in [1.165, 1.54) is 6.07 Å². The Morgan fingerprint density at radius 1 is 1.44 bits per heavy atom. The molecule has 0 radical (unpaired) electrons. The first-order valence-corrected chi connectivity index (χ1v) is 5.35. The van der Waals surface area contributed by atoms with Crippen LogP contribution in [0.2, 0.25) is 0 Å². The second kappa shape index (κ2) is 6.66. The van der Waals surface area contributed by atoms with Gasteiger partial charge in [0.25, 0.3) is 0 Å². The minimum Gasteiger partial charge on any atom is -0.481 e. The zero-order valence-corrected chi connectivity index (χ0v) is 10.8. The van der Waals surface area contributed by atoms with Crippen molar-refractivity contribution in [3.63, 3.8) is 0 Å². The van der Waals surface area contributed by atoms with Crippen molar-refractivity contribution in [1.29, 1.82) is 0 Å². The Kier molecular flexibility index (Phi) is 6.21. The number of carboxylic acids is 1. The maximum Gasteiger partial charge on any atom is 0.305 e. The predicted molar refractivity (Wildman–Crippen MR) is 66.6 cm³/mol. The molecule has 1 atom stereocenters. The molecule has 1 rings (SSSR count). The van der Waals surface area contributed by atoms with Crippen LogP contribution >= 0.6 is 12.4 Å². The van der Waals surface area contributed by atoms with Gasteiger partial charge in [-0.15, -0.1) is 12.4 Å². The van der Waals surface area contributed by atoms with Gasteiger partial charge in [-0.2, -0.15) is 0 Å². The van der Waals surface area contributed by atoms with Crippen molar-refractivity contribution in [2.75, 3.05) is 0 Å². The molecule has 0 aliphatic carbocycles. The molecule has 0 aliphatic rings. The molecular weight excluding hydrogens is 264 g/mol. The Morgan fingerprint density at radius 3 is 2.50 bits per heavy atom. The summed E-state index contributed by atoms with van der Waals surface area (Å²) >= 11 is 0. The van der Waals surface area contributed by atoms with Crippen LogP contribution in [0.25, 0.3) is 0 Å². The minimum absolute atomic E-state index is 0. The van der Waals surface area contributed by atoms with Gasteiger partial charge in [0, 0.05) is 11.6 Å². The highest BCUT2D eigenvalue weighted by molar-refractivity contribution is 5.85. The summed E-state index contributed by atoms with van der Waals surface area (Å²) in [6.07, 6.45) is 0.547. The Balaban J connectivity index is 0.00000289. The lowest BCUT2D eigenvalue weighted by atomic mass is 9.83. The second-order valence-corrected chi connectivity index (χ2v) is 4.10. The van der Waals surface area contributed by atoms with Gasteiger partial charge < -0.3 is 10.8 Å². The minimum atomic E-state index is -1.29. The summed E-state index contributed by atoms with van der Waals surface area (Å²) in [5.74, 6) is -2.62. The summed E-state index contributed by atoms with van der Waals surface area (Å²) in [7, 11) is 0. The molecule has 0 spiro atoms. The summed E-state index contributed by atoms with van der Waals surface area (Å²) in [6, 6.07) is 3.01. The highest BCUT2D eigenvalue weighted by Gasteiger charge is 2.32. The lowest BCUT2D eigenvalue weighted by Gasteiger charge is -2.28. The number of carbonyl (C=O) groups is 1. The van der Waals surface area contributed by atoms with Gasteiger partial charge in [0.1, 0.15) is 11.6 Å².